The molecule has 0 aliphatic rings. The Morgan fingerprint density at radius 2 is 1.80 bits per heavy atom. The molecule has 2 heterocycles. The van der Waals surface area contributed by atoms with Crippen LogP contribution in [0.15, 0.2) is 75.3 Å². The second-order valence-corrected chi connectivity index (χ2v) is 7.29. The maximum absolute atomic E-state index is 14.6. The maximum Gasteiger partial charge on any atom is 0.200 e. The summed E-state index contributed by atoms with van der Waals surface area (Å²) in [6.45, 7) is -0.472. The number of hydrogen-bond donors (Lipinski definition) is 1. The normalized spacial score (nSPS) is 11.0. The minimum absolute atomic E-state index is 0.237. The quantitative estimate of drug-likeness (QED) is 0.446. The second kappa shape index (κ2) is 8.60. The fraction of sp³-hybridized carbons (Fsp3) is 0.0952. The second-order valence-electron chi connectivity index (χ2n) is 6.31. The van der Waals surface area contributed by atoms with Crippen LogP contribution in [0.3, 0.4) is 0 Å². The number of carbonyl (C=O) groups is 1. The summed E-state index contributed by atoms with van der Waals surface area (Å²) in [5, 5.41) is 17.4. The largest absolute Gasteiger partial charge is 0.461 e. The number of rotatable bonds is 7. The van der Waals surface area contributed by atoms with E-state index >= 15 is 0 Å². The standard InChI is InChI=1S/C21H15F2N3O3S/c22-15-9-14(17(28)12-27)10-16(23)19(15)30-21-25-24-20(18-7-4-8-29-18)26(21)11-13-5-2-1-3-6-13/h1-10,27H,11-12H2. The van der Waals surface area contributed by atoms with Gasteiger partial charge in [0.25, 0.3) is 0 Å². The lowest BCUT2D eigenvalue weighted by atomic mass is 10.1. The Bertz CT molecular complexity index is 1150. The lowest BCUT2D eigenvalue weighted by Gasteiger charge is -2.11. The van der Waals surface area contributed by atoms with Gasteiger partial charge >= 0.3 is 0 Å². The van der Waals surface area contributed by atoms with Crippen LogP contribution in [0.1, 0.15) is 15.9 Å². The van der Waals surface area contributed by atoms with Crippen LogP contribution in [0.5, 0.6) is 0 Å². The van der Waals surface area contributed by atoms with Crippen molar-refractivity contribution in [2.75, 3.05) is 6.61 Å². The van der Waals surface area contributed by atoms with Gasteiger partial charge in [-0.15, -0.1) is 10.2 Å². The van der Waals surface area contributed by atoms with Crippen molar-refractivity contribution in [3.63, 3.8) is 0 Å². The lowest BCUT2D eigenvalue weighted by Crippen LogP contribution is -2.07. The Hall–Kier alpha value is -3.30. The Morgan fingerprint density at radius 1 is 1.07 bits per heavy atom. The predicted octanol–water partition coefficient (Wildman–Crippen LogP) is 4.19. The molecule has 9 heteroatoms. The molecule has 0 aliphatic carbocycles. The highest BCUT2D eigenvalue weighted by molar-refractivity contribution is 7.99. The zero-order valence-electron chi connectivity index (χ0n) is 15.5. The highest BCUT2D eigenvalue weighted by atomic mass is 32.2. The molecule has 0 aliphatic heterocycles. The first-order valence-electron chi connectivity index (χ1n) is 8.88. The van der Waals surface area contributed by atoms with Crippen molar-refractivity contribution in [2.45, 2.75) is 16.6 Å². The van der Waals surface area contributed by atoms with Gasteiger partial charge in [0.1, 0.15) is 18.2 Å². The molecule has 0 bridgehead atoms. The number of carbonyl (C=O) groups excluding carboxylic acids is 1. The molecular formula is C21H15F2N3O3S. The fourth-order valence-electron chi connectivity index (χ4n) is 2.86. The average molecular weight is 427 g/mol. The van der Waals surface area contributed by atoms with E-state index in [2.05, 4.69) is 10.2 Å². The van der Waals surface area contributed by atoms with Gasteiger partial charge in [0.05, 0.1) is 17.7 Å². The topological polar surface area (TPSA) is 81.2 Å². The van der Waals surface area contributed by atoms with E-state index in [1.54, 1.807) is 16.7 Å². The molecule has 30 heavy (non-hydrogen) atoms. The number of ketones is 1. The highest BCUT2D eigenvalue weighted by Gasteiger charge is 2.22. The lowest BCUT2D eigenvalue weighted by molar-refractivity contribution is 0.0902. The third-order valence-corrected chi connectivity index (χ3v) is 5.38. The summed E-state index contributed by atoms with van der Waals surface area (Å²) in [6, 6.07) is 14.7. The SMILES string of the molecule is O=C(CO)c1cc(F)c(Sc2nnc(-c3ccco3)n2Cc2ccccc2)c(F)c1. The van der Waals surface area contributed by atoms with E-state index in [9.17, 15) is 13.6 Å². The molecule has 0 spiro atoms. The van der Waals surface area contributed by atoms with E-state index in [1.165, 1.54) is 6.26 Å². The van der Waals surface area contributed by atoms with Crippen LogP contribution in [0.25, 0.3) is 11.6 Å². The highest BCUT2D eigenvalue weighted by Crippen LogP contribution is 2.34. The predicted molar refractivity (Wildman–Crippen MR) is 105 cm³/mol. The first-order chi connectivity index (χ1) is 14.6. The van der Waals surface area contributed by atoms with Gasteiger partial charge in [0, 0.05) is 5.56 Å². The van der Waals surface area contributed by atoms with Crippen molar-refractivity contribution in [3.05, 3.63) is 83.6 Å². The van der Waals surface area contributed by atoms with Crippen LogP contribution in [0, 0.1) is 11.6 Å². The van der Waals surface area contributed by atoms with E-state index in [0.717, 1.165) is 29.5 Å². The van der Waals surface area contributed by atoms with Gasteiger partial charge in [-0.3, -0.25) is 9.36 Å². The number of Topliss-reactive ketones (excluding diaryl/α,β-unsaturated/α-hetero) is 1. The molecule has 1 N–H and O–H groups in total. The van der Waals surface area contributed by atoms with Crippen LogP contribution in [0.2, 0.25) is 0 Å². The molecule has 2 aromatic carbocycles. The van der Waals surface area contributed by atoms with E-state index in [4.69, 9.17) is 9.52 Å². The van der Waals surface area contributed by atoms with Crippen LogP contribution in [-0.2, 0) is 6.54 Å². The van der Waals surface area contributed by atoms with E-state index in [0.29, 0.717) is 18.1 Å². The van der Waals surface area contributed by atoms with Gasteiger partial charge in [-0.2, -0.15) is 0 Å². The molecule has 152 valence electrons. The number of aliphatic hydroxyl groups excluding tert-OH is 1. The zero-order chi connectivity index (χ0) is 21.1. The minimum atomic E-state index is -0.925. The molecule has 4 rings (SSSR count). The molecule has 0 saturated carbocycles. The molecule has 0 atom stereocenters. The van der Waals surface area contributed by atoms with Crippen LogP contribution in [-0.4, -0.2) is 32.3 Å². The van der Waals surface area contributed by atoms with Gasteiger partial charge in [-0.1, -0.05) is 30.3 Å². The minimum Gasteiger partial charge on any atom is -0.461 e. The third kappa shape index (κ3) is 4.03. The smallest absolute Gasteiger partial charge is 0.200 e. The molecule has 4 aromatic rings. The van der Waals surface area contributed by atoms with E-state index in [1.807, 2.05) is 30.3 Å². The van der Waals surface area contributed by atoms with Crippen molar-refractivity contribution < 1.29 is 23.1 Å². The molecule has 0 amide bonds. The summed E-state index contributed by atoms with van der Waals surface area (Å²) in [7, 11) is 0. The fourth-order valence-corrected chi connectivity index (χ4v) is 3.70. The van der Waals surface area contributed by atoms with Gasteiger partial charge in [0.15, 0.2) is 16.7 Å². The van der Waals surface area contributed by atoms with Gasteiger partial charge in [0.2, 0.25) is 5.82 Å². The van der Waals surface area contributed by atoms with E-state index < -0.39 is 24.0 Å². The number of benzene rings is 2. The molecule has 0 saturated heterocycles. The van der Waals surface area contributed by atoms with Crippen molar-refractivity contribution in [2.24, 2.45) is 0 Å². The van der Waals surface area contributed by atoms with Gasteiger partial charge < -0.3 is 9.52 Å². The number of aromatic nitrogens is 3. The summed E-state index contributed by atoms with van der Waals surface area (Å²) >= 11 is 0.757. The van der Waals surface area contributed by atoms with Crippen LogP contribution < -0.4 is 0 Å². The summed E-state index contributed by atoms with van der Waals surface area (Å²) in [6.07, 6.45) is 1.50. The number of halogens is 2. The summed E-state index contributed by atoms with van der Waals surface area (Å²) in [5.41, 5.74) is 0.704. The van der Waals surface area contributed by atoms with Gasteiger partial charge in [-0.25, -0.2) is 8.78 Å². The van der Waals surface area contributed by atoms with Crippen molar-refractivity contribution in [3.8, 4) is 11.6 Å². The van der Waals surface area contributed by atoms with Crippen molar-refractivity contribution in [1.29, 1.82) is 0 Å². The maximum atomic E-state index is 14.6. The van der Waals surface area contributed by atoms with Crippen LogP contribution in [0.4, 0.5) is 8.78 Å². The van der Waals surface area contributed by atoms with Crippen LogP contribution >= 0.6 is 11.8 Å². The van der Waals surface area contributed by atoms with E-state index in [-0.39, 0.29) is 15.6 Å². The summed E-state index contributed by atoms with van der Waals surface area (Å²) in [5.74, 6) is -1.73. The summed E-state index contributed by atoms with van der Waals surface area (Å²) < 4.78 is 36.2. The molecular weight excluding hydrogens is 412 g/mol. The number of furan rings is 1. The molecule has 0 radical (unpaired) electrons. The zero-order valence-corrected chi connectivity index (χ0v) is 16.3. The average Bonchev–Trinajstić information content (AvgIpc) is 3.41. The Labute approximate surface area is 174 Å². The molecule has 0 fully saturated rings. The first-order valence-corrected chi connectivity index (χ1v) is 9.70. The molecule has 6 nitrogen and oxygen atoms in total. The monoisotopic (exact) mass is 427 g/mol. The van der Waals surface area contributed by atoms with Crippen molar-refractivity contribution >= 4 is 17.5 Å². The Kier molecular flexibility index (Phi) is 5.73. The third-order valence-electron chi connectivity index (χ3n) is 4.30. The number of hydrogen-bond acceptors (Lipinski definition) is 6. The Morgan fingerprint density at radius 3 is 2.43 bits per heavy atom. The molecule has 2 aromatic heterocycles. The Balaban J connectivity index is 1.74. The first kappa shape index (κ1) is 20.0. The van der Waals surface area contributed by atoms with Gasteiger partial charge in [-0.05, 0) is 41.6 Å². The van der Waals surface area contributed by atoms with Crippen molar-refractivity contribution in [1.82, 2.24) is 14.8 Å². The molecule has 0 unspecified atom stereocenters. The number of nitrogens with zero attached hydrogens (tertiary/aromatic N) is 3. The summed E-state index contributed by atoms with van der Waals surface area (Å²) in [4.78, 5) is 11.2. The number of aliphatic hydroxyl groups is 1.